The third-order valence-electron chi connectivity index (χ3n) is 3.32. The zero-order chi connectivity index (χ0) is 17.5. The summed E-state index contributed by atoms with van der Waals surface area (Å²) in [6.45, 7) is 5.39. The Hall–Kier alpha value is -2.41. The van der Waals surface area contributed by atoms with E-state index in [2.05, 4.69) is 9.97 Å². The van der Waals surface area contributed by atoms with Gasteiger partial charge in [-0.3, -0.25) is 10.1 Å². The maximum atomic E-state index is 11.3. The van der Waals surface area contributed by atoms with Gasteiger partial charge >= 0.3 is 5.69 Å². The van der Waals surface area contributed by atoms with Gasteiger partial charge in [-0.25, -0.2) is 4.98 Å². The summed E-state index contributed by atoms with van der Waals surface area (Å²) < 4.78 is 5.50. The highest BCUT2D eigenvalue weighted by Gasteiger charge is 2.22. The lowest BCUT2D eigenvalue weighted by molar-refractivity contribution is -0.384. The van der Waals surface area contributed by atoms with Crippen molar-refractivity contribution in [1.82, 2.24) is 9.97 Å². The molecular weight excluding hydrogens is 332 g/mol. The van der Waals surface area contributed by atoms with Crippen LogP contribution in [0.4, 0.5) is 11.5 Å². The van der Waals surface area contributed by atoms with Crippen LogP contribution in [0, 0.1) is 10.1 Å². The van der Waals surface area contributed by atoms with Crippen molar-refractivity contribution in [2.24, 2.45) is 0 Å². The number of hydrogen-bond acceptors (Lipinski definition) is 6. The molecule has 8 heteroatoms. The van der Waals surface area contributed by atoms with Gasteiger partial charge < -0.3 is 9.64 Å². The Balaban J connectivity index is 2.33. The Bertz CT molecular complexity index is 694. The second-order valence-corrected chi connectivity index (χ2v) is 5.49. The molecule has 0 aliphatic rings. The van der Waals surface area contributed by atoms with Gasteiger partial charge in [0.25, 0.3) is 0 Å². The lowest BCUT2D eigenvalue weighted by Crippen LogP contribution is -2.24. The molecule has 0 saturated heterocycles. The van der Waals surface area contributed by atoms with Crippen LogP contribution in [0.2, 0.25) is 5.15 Å². The number of rotatable bonds is 8. The number of aromatic nitrogens is 2. The maximum absolute atomic E-state index is 11.3. The zero-order valence-corrected chi connectivity index (χ0v) is 14.4. The topological polar surface area (TPSA) is 81.4 Å². The average molecular weight is 351 g/mol. The molecule has 0 amide bonds. The van der Waals surface area contributed by atoms with E-state index in [1.165, 1.54) is 12.1 Å². The zero-order valence-electron chi connectivity index (χ0n) is 13.6. The summed E-state index contributed by atoms with van der Waals surface area (Å²) in [5.74, 6) is 0.663. The highest BCUT2D eigenvalue weighted by atomic mass is 35.5. The van der Waals surface area contributed by atoms with E-state index in [1.807, 2.05) is 24.8 Å². The molecular formula is C16H19ClN4O3. The normalized spacial score (nSPS) is 10.5. The van der Waals surface area contributed by atoms with Crippen LogP contribution in [0.5, 0.6) is 5.88 Å². The molecule has 0 aliphatic carbocycles. The fraction of sp³-hybridized carbons (Fsp3) is 0.375. The van der Waals surface area contributed by atoms with Crippen molar-refractivity contribution in [1.29, 1.82) is 0 Å². The van der Waals surface area contributed by atoms with E-state index in [4.69, 9.17) is 16.3 Å². The number of nitrogens with zero attached hydrogens (tertiary/aromatic N) is 4. The minimum Gasteiger partial charge on any atom is -0.478 e. The quantitative estimate of drug-likeness (QED) is 0.408. The van der Waals surface area contributed by atoms with Crippen molar-refractivity contribution >= 4 is 23.1 Å². The molecule has 2 aromatic heterocycles. The largest absolute Gasteiger partial charge is 0.478 e. The first kappa shape index (κ1) is 17.9. The van der Waals surface area contributed by atoms with Gasteiger partial charge in [0, 0.05) is 31.4 Å². The lowest BCUT2D eigenvalue weighted by atomic mass is 10.2. The Morgan fingerprint density at radius 2 is 2.08 bits per heavy atom. The summed E-state index contributed by atoms with van der Waals surface area (Å²) in [5, 5.41) is 11.7. The number of pyridine rings is 2. The molecule has 2 heterocycles. The molecule has 7 nitrogen and oxygen atoms in total. The fourth-order valence-electron chi connectivity index (χ4n) is 2.14. The van der Waals surface area contributed by atoms with Crippen LogP contribution in [-0.4, -0.2) is 28.0 Å². The monoisotopic (exact) mass is 350 g/mol. The number of anilines is 1. The molecule has 0 aliphatic heterocycles. The molecule has 0 saturated carbocycles. The van der Waals surface area contributed by atoms with Gasteiger partial charge in [0.05, 0.1) is 11.5 Å². The average Bonchev–Trinajstić information content (AvgIpc) is 2.59. The Morgan fingerprint density at radius 1 is 1.29 bits per heavy atom. The van der Waals surface area contributed by atoms with E-state index in [0.29, 0.717) is 30.7 Å². The molecule has 2 rings (SSSR count). The van der Waals surface area contributed by atoms with Gasteiger partial charge in [-0.05, 0) is 25.0 Å². The SMILES string of the molecule is CCCOc1ccc([N+](=O)[O-])c(N(CC)Cc2ccc(Cl)nc2)n1. The standard InChI is InChI=1S/C16H19ClN4O3/c1-3-9-24-15-8-6-13(21(22)23)16(19-15)20(4-2)11-12-5-7-14(17)18-10-12/h5-8,10H,3-4,9,11H2,1-2H3. The molecule has 128 valence electrons. The van der Waals surface area contributed by atoms with E-state index in [9.17, 15) is 10.1 Å². The van der Waals surface area contributed by atoms with Crippen molar-refractivity contribution in [3.8, 4) is 5.88 Å². The third-order valence-corrected chi connectivity index (χ3v) is 3.55. The summed E-state index contributed by atoms with van der Waals surface area (Å²) >= 11 is 5.79. The van der Waals surface area contributed by atoms with E-state index in [1.54, 1.807) is 12.3 Å². The van der Waals surface area contributed by atoms with Crippen LogP contribution in [0.3, 0.4) is 0 Å². The van der Waals surface area contributed by atoms with E-state index < -0.39 is 4.92 Å². The van der Waals surface area contributed by atoms with E-state index in [-0.39, 0.29) is 11.5 Å². The van der Waals surface area contributed by atoms with Crippen molar-refractivity contribution in [2.75, 3.05) is 18.1 Å². The van der Waals surface area contributed by atoms with Gasteiger partial charge in [0.15, 0.2) is 0 Å². The molecule has 24 heavy (non-hydrogen) atoms. The molecule has 0 unspecified atom stereocenters. The minimum absolute atomic E-state index is 0.0531. The van der Waals surface area contributed by atoms with Crippen molar-refractivity contribution in [2.45, 2.75) is 26.8 Å². The number of nitro groups is 1. The molecule has 0 radical (unpaired) electrons. The van der Waals surface area contributed by atoms with E-state index in [0.717, 1.165) is 12.0 Å². The summed E-state index contributed by atoms with van der Waals surface area (Å²) in [7, 11) is 0. The predicted octanol–water partition coefficient (Wildman–Crippen LogP) is 3.85. The molecule has 0 spiro atoms. The van der Waals surface area contributed by atoms with E-state index >= 15 is 0 Å². The summed E-state index contributed by atoms with van der Waals surface area (Å²) in [6.07, 6.45) is 2.48. The van der Waals surface area contributed by atoms with Gasteiger partial charge in [-0.15, -0.1) is 0 Å². The summed E-state index contributed by atoms with van der Waals surface area (Å²) in [6, 6.07) is 6.47. The van der Waals surface area contributed by atoms with Crippen LogP contribution in [0.1, 0.15) is 25.8 Å². The number of halogens is 1. The van der Waals surface area contributed by atoms with Crippen LogP contribution >= 0.6 is 11.6 Å². The Kier molecular flexibility index (Phi) is 6.31. The molecule has 2 aromatic rings. The smallest absolute Gasteiger partial charge is 0.311 e. The van der Waals surface area contributed by atoms with Gasteiger partial charge in [-0.1, -0.05) is 24.6 Å². The summed E-state index contributed by atoms with van der Waals surface area (Å²) in [5.41, 5.74) is 0.833. The first-order valence-corrected chi connectivity index (χ1v) is 8.06. The third kappa shape index (κ3) is 4.55. The first-order valence-electron chi connectivity index (χ1n) is 7.68. The van der Waals surface area contributed by atoms with Gasteiger partial charge in [0.1, 0.15) is 5.15 Å². The molecule has 0 N–H and O–H groups in total. The fourth-order valence-corrected chi connectivity index (χ4v) is 2.25. The van der Waals surface area contributed by atoms with Crippen LogP contribution in [-0.2, 0) is 6.54 Å². The molecule has 0 atom stereocenters. The van der Waals surface area contributed by atoms with Crippen molar-refractivity contribution < 1.29 is 9.66 Å². The lowest BCUT2D eigenvalue weighted by Gasteiger charge is -2.22. The highest BCUT2D eigenvalue weighted by molar-refractivity contribution is 6.29. The Labute approximate surface area is 145 Å². The first-order chi connectivity index (χ1) is 11.5. The Morgan fingerprint density at radius 3 is 2.67 bits per heavy atom. The van der Waals surface area contributed by atoms with Crippen LogP contribution in [0.15, 0.2) is 30.5 Å². The maximum Gasteiger partial charge on any atom is 0.311 e. The minimum atomic E-state index is -0.436. The second-order valence-electron chi connectivity index (χ2n) is 5.10. The second kappa shape index (κ2) is 8.44. The van der Waals surface area contributed by atoms with Crippen molar-refractivity contribution in [3.63, 3.8) is 0 Å². The van der Waals surface area contributed by atoms with Gasteiger partial charge in [-0.2, -0.15) is 4.98 Å². The molecule has 0 bridgehead atoms. The highest BCUT2D eigenvalue weighted by Crippen LogP contribution is 2.29. The number of hydrogen-bond donors (Lipinski definition) is 0. The summed E-state index contributed by atoms with van der Waals surface area (Å²) in [4.78, 5) is 21.1. The number of ether oxygens (including phenoxy) is 1. The molecule has 0 aromatic carbocycles. The van der Waals surface area contributed by atoms with Crippen LogP contribution < -0.4 is 9.64 Å². The van der Waals surface area contributed by atoms with Crippen LogP contribution in [0.25, 0.3) is 0 Å². The molecule has 0 fully saturated rings. The predicted molar refractivity (Wildman–Crippen MR) is 92.6 cm³/mol. The van der Waals surface area contributed by atoms with Crippen molar-refractivity contribution in [3.05, 3.63) is 51.3 Å². The van der Waals surface area contributed by atoms with Gasteiger partial charge in [0.2, 0.25) is 11.7 Å².